The molecule has 0 bridgehead atoms. The number of hydrogen-bond acceptors (Lipinski definition) is 2. The standard InChI is InChI=1S/C11H12O3/c1-8-3-2-4-9(5-8)11(10(12)13)6-14-7-11/h2-5H,6-7H2,1H3,(H,12,13). The van der Waals surface area contributed by atoms with Crippen LogP contribution in [0.4, 0.5) is 0 Å². The number of carbonyl (C=O) groups is 1. The van der Waals surface area contributed by atoms with Crippen LogP contribution in [-0.4, -0.2) is 24.3 Å². The number of carboxylic acid groups (broad SMARTS) is 1. The van der Waals surface area contributed by atoms with E-state index in [1.54, 1.807) is 0 Å². The van der Waals surface area contributed by atoms with E-state index in [2.05, 4.69) is 0 Å². The van der Waals surface area contributed by atoms with Crippen LogP contribution >= 0.6 is 0 Å². The fourth-order valence-corrected chi connectivity index (χ4v) is 1.66. The zero-order valence-corrected chi connectivity index (χ0v) is 7.99. The molecule has 1 fully saturated rings. The van der Waals surface area contributed by atoms with Gasteiger partial charge in [0.15, 0.2) is 0 Å². The Morgan fingerprint density at radius 1 is 1.50 bits per heavy atom. The van der Waals surface area contributed by atoms with E-state index in [4.69, 9.17) is 9.84 Å². The summed E-state index contributed by atoms with van der Waals surface area (Å²) in [4.78, 5) is 11.1. The Bertz CT molecular complexity index is 367. The summed E-state index contributed by atoms with van der Waals surface area (Å²) in [5.74, 6) is -0.797. The lowest BCUT2D eigenvalue weighted by Gasteiger charge is -2.37. The average molecular weight is 192 g/mol. The predicted octanol–water partition coefficient (Wildman–Crippen LogP) is 1.35. The van der Waals surface area contributed by atoms with E-state index in [-0.39, 0.29) is 13.2 Å². The van der Waals surface area contributed by atoms with Crippen LogP contribution in [0.15, 0.2) is 24.3 Å². The molecule has 0 saturated carbocycles. The molecule has 0 amide bonds. The highest BCUT2D eigenvalue weighted by atomic mass is 16.5. The largest absolute Gasteiger partial charge is 0.480 e. The van der Waals surface area contributed by atoms with E-state index in [9.17, 15) is 4.79 Å². The van der Waals surface area contributed by atoms with Gasteiger partial charge in [-0.25, -0.2) is 0 Å². The van der Waals surface area contributed by atoms with Crippen molar-refractivity contribution in [3.63, 3.8) is 0 Å². The fraction of sp³-hybridized carbons (Fsp3) is 0.364. The summed E-state index contributed by atoms with van der Waals surface area (Å²) in [5.41, 5.74) is 1.12. The minimum Gasteiger partial charge on any atom is -0.480 e. The molecule has 1 heterocycles. The van der Waals surface area contributed by atoms with E-state index >= 15 is 0 Å². The summed E-state index contributed by atoms with van der Waals surface area (Å²) >= 11 is 0. The second-order valence-corrected chi connectivity index (χ2v) is 3.75. The topological polar surface area (TPSA) is 46.5 Å². The minimum atomic E-state index is -0.800. The lowest BCUT2D eigenvalue weighted by atomic mass is 9.78. The van der Waals surface area contributed by atoms with Crippen LogP contribution in [0.5, 0.6) is 0 Å². The average Bonchev–Trinajstić information content (AvgIpc) is 2.00. The van der Waals surface area contributed by atoms with Crippen molar-refractivity contribution >= 4 is 5.97 Å². The van der Waals surface area contributed by atoms with Crippen molar-refractivity contribution in [1.82, 2.24) is 0 Å². The summed E-state index contributed by atoms with van der Waals surface area (Å²) in [5, 5.41) is 9.15. The van der Waals surface area contributed by atoms with Crippen LogP contribution in [0, 0.1) is 6.92 Å². The first-order valence-corrected chi connectivity index (χ1v) is 4.53. The van der Waals surface area contributed by atoms with Crippen LogP contribution in [0.2, 0.25) is 0 Å². The highest BCUT2D eigenvalue weighted by Crippen LogP contribution is 2.32. The fourth-order valence-electron chi connectivity index (χ4n) is 1.66. The quantitative estimate of drug-likeness (QED) is 0.769. The normalized spacial score (nSPS) is 18.6. The van der Waals surface area contributed by atoms with Gasteiger partial charge in [0.1, 0.15) is 5.41 Å². The van der Waals surface area contributed by atoms with Gasteiger partial charge in [0.05, 0.1) is 13.2 Å². The third-order valence-electron chi connectivity index (χ3n) is 2.68. The molecule has 1 aromatic carbocycles. The van der Waals surface area contributed by atoms with Gasteiger partial charge in [-0.05, 0) is 12.5 Å². The van der Waals surface area contributed by atoms with E-state index in [0.717, 1.165) is 11.1 Å². The van der Waals surface area contributed by atoms with Gasteiger partial charge in [-0.2, -0.15) is 0 Å². The minimum absolute atomic E-state index is 0.284. The number of aryl methyl sites for hydroxylation is 1. The Morgan fingerprint density at radius 2 is 2.21 bits per heavy atom. The lowest BCUT2D eigenvalue weighted by molar-refractivity contribution is -0.163. The molecule has 0 radical (unpaired) electrons. The Morgan fingerprint density at radius 3 is 2.64 bits per heavy atom. The molecule has 1 aromatic rings. The molecule has 3 heteroatoms. The first kappa shape index (κ1) is 9.21. The second kappa shape index (κ2) is 3.10. The SMILES string of the molecule is Cc1cccc(C2(C(=O)O)COC2)c1. The molecular weight excluding hydrogens is 180 g/mol. The molecule has 3 nitrogen and oxygen atoms in total. The van der Waals surface area contributed by atoms with Crippen LogP contribution < -0.4 is 0 Å². The number of aliphatic carboxylic acids is 1. The van der Waals surface area contributed by atoms with Crippen molar-refractivity contribution in [3.8, 4) is 0 Å². The summed E-state index contributed by atoms with van der Waals surface area (Å²) in [6.07, 6.45) is 0. The molecular formula is C11H12O3. The monoisotopic (exact) mass is 192 g/mol. The number of ether oxygens (including phenoxy) is 1. The summed E-state index contributed by atoms with van der Waals surface area (Å²) < 4.78 is 5.01. The van der Waals surface area contributed by atoms with Crippen molar-refractivity contribution in [2.75, 3.05) is 13.2 Å². The summed E-state index contributed by atoms with van der Waals surface area (Å²) in [6.45, 7) is 2.52. The van der Waals surface area contributed by atoms with E-state index < -0.39 is 11.4 Å². The van der Waals surface area contributed by atoms with Crippen LogP contribution in [-0.2, 0) is 14.9 Å². The van der Waals surface area contributed by atoms with Gasteiger partial charge in [0.2, 0.25) is 0 Å². The molecule has 1 N–H and O–H groups in total. The molecule has 1 aliphatic heterocycles. The predicted molar refractivity (Wildman–Crippen MR) is 51.3 cm³/mol. The zero-order valence-electron chi connectivity index (χ0n) is 7.99. The summed E-state index contributed by atoms with van der Waals surface area (Å²) in [7, 11) is 0. The van der Waals surface area contributed by atoms with Crippen molar-refractivity contribution in [1.29, 1.82) is 0 Å². The molecule has 1 saturated heterocycles. The second-order valence-electron chi connectivity index (χ2n) is 3.75. The van der Waals surface area contributed by atoms with E-state index in [1.165, 1.54) is 0 Å². The summed E-state index contributed by atoms with van der Waals surface area (Å²) in [6, 6.07) is 7.60. The highest BCUT2D eigenvalue weighted by molar-refractivity contribution is 5.83. The van der Waals surface area contributed by atoms with Gasteiger partial charge in [-0.3, -0.25) is 4.79 Å². The van der Waals surface area contributed by atoms with E-state index in [0.29, 0.717) is 0 Å². The van der Waals surface area contributed by atoms with Gasteiger partial charge in [-0.1, -0.05) is 29.8 Å². The first-order chi connectivity index (χ1) is 6.65. The lowest BCUT2D eigenvalue weighted by Crippen LogP contribution is -2.53. The number of hydrogen-bond donors (Lipinski definition) is 1. The molecule has 0 atom stereocenters. The van der Waals surface area contributed by atoms with Crippen LogP contribution in [0.3, 0.4) is 0 Å². The Hall–Kier alpha value is -1.35. The molecule has 74 valence electrons. The van der Waals surface area contributed by atoms with Crippen LogP contribution in [0.25, 0.3) is 0 Å². The maximum Gasteiger partial charge on any atom is 0.318 e. The van der Waals surface area contributed by atoms with Crippen molar-refractivity contribution in [3.05, 3.63) is 35.4 Å². The number of benzene rings is 1. The first-order valence-electron chi connectivity index (χ1n) is 4.53. The molecule has 2 rings (SSSR count). The maximum atomic E-state index is 11.1. The highest BCUT2D eigenvalue weighted by Gasteiger charge is 2.47. The Labute approximate surface area is 82.3 Å². The molecule has 1 aliphatic rings. The smallest absolute Gasteiger partial charge is 0.318 e. The van der Waals surface area contributed by atoms with E-state index in [1.807, 2.05) is 31.2 Å². The van der Waals surface area contributed by atoms with Crippen LogP contribution in [0.1, 0.15) is 11.1 Å². The molecule has 0 unspecified atom stereocenters. The third-order valence-corrected chi connectivity index (χ3v) is 2.68. The third kappa shape index (κ3) is 1.21. The molecule has 0 aliphatic carbocycles. The maximum absolute atomic E-state index is 11.1. The zero-order chi connectivity index (χ0) is 10.2. The number of carboxylic acids is 1. The molecule has 0 aromatic heterocycles. The Kier molecular flexibility index (Phi) is 2.04. The van der Waals surface area contributed by atoms with Gasteiger partial charge >= 0.3 is 5.97 Å². The van der Waals surface area contributed by atoms with Crippen molar-refractivity contribution in [2.24, 2.45) is 0 Å². The Balaban J connectivity index is 2.42. The van der Waals surface area contributed by atoms with Gasteiger partial charge in [0.25, 0.3) is 0 Å². The van der Waals surface area contributed by atoms with Crippen molar-refractivity contribution in [2.45, 2.75) is 12.3 Å². The van der Waals surface area contributed by atoms with Gasteiger partial charge in [-0.15, -0.1) is 0 Å². The van der Waals surface area contributed by atoms with Gasteiger partial charge in [0, 0.05) is 0 Å². The molecule has 14 heavy (non-hydrogen) atoms. The molecule has 0 spiro atoms. The van der Waals surface area contributed by atoms with Gasteiger partial charge < -0.3 is 9.84 Å². The van der Waals surface area contributed by atoms with Crippen molar-refractivity contribution < 1.29 is 14.6 Å². The number of rotatable bonds is 2.